The minimum atomic E-state index is -3.36. The van der Waals surface area contributed by atoms with Gasteiger partial charge < -0.3 is 9.05 Å². The number of ketones is 1. The molecule has 0 amide bonds. The van der Waals surface area contributed by atoms with Crippen molar-refractivity contribution >= 4 is 13.4 Å². The van der Waals surface area contributed by atoms with E-state index in [0.29, 0.717) is 12.0 Å². The highest BCUT2D eigenvalue weighted by Crippen LogP contribution is 2.56. The molecule has 1 unspecified atom stereocenters. The largest absolute Gasteiger partial charge is 0.341 e. The van der Waals surface area contributed by atoms with E-state index in [-0.39, 0.29) is 19.0 Å². The van der Waals surface area contributed by atoms with Gasteiger partial charge in [0.05, 0.1) is 13.2 Å². The fourth-order valence-electron chi connectivity index (χ4n) is 2.46. The molecular weight excluding hydrogens is 263 g/mol. The second-order valence-corrected chi connectivity index (χ2v) is 6.67. The van der Waals surface area contributed by atoms with Gasteiger partial charge in [-0.2, -0.15) is 0 Å². The zero-order valence-corrected chi connectivity index (χ0v) is 12.2. The van der Waals surface area contributed by atoms with Gasteiger partial charge in [0.2, 0.25) is 0 Å². The van der Waals surface area contributed by atoms with Crippen LogP contribution < -0.4 is 0 Å². The summed E-state index contributed by atoms with van der Waals surface area (Å²) in [5.41, 5.74) is 1.00. The lowest BCUT2D eigenvalue weighted by atomic mass is 9.90. The van der Waals surface area contributed by atoms with Crippen molar-refractivity contribution < 1.29 is 18.4 Å². The van der Waals surface area contributed by atoms with Gasteiger partial charge in [0.15, 0.2) is 5.78 Å². The van der Waals surface area contributed by atoms with Crippen molar-refractivity contribution in [3.8, 4) is 0 Å². The Morgan fingerprint density at radius 3 is 2.47 bits per heavy atom. The number of benzene rings is 1. The minimum absolute atomic E-state index is 0.118. The summed E-state index contributed by atoms with van der Waals surface area (Å²) in [5.74, 6) is -0.118. The van der Waals surface area contributed by atoms with Gasteiger partial charge in [0, 0.05) is 5.56 Å². The second-order valence-electron chi connectivity index (χ2n) is 4.45. The first-order chi connectivity index (χ1) is 9.12. The molecule has 0 saturated heterocycles. The van der Waals surface area contributed by atoms with E-state index in [2.05, 4.69) is 0 Å². The molecule has 1 aliphatic rings. The van der Waals surface area contributed by atoms with Crippen molar-refractivity contribution in [2.45, 2.75) is 32.3 Å². The van der Waals surface area contributed by atoms with Crippen LogP contribution in [-0.2, 0) is 20.0 Å². The highest BCUT2D eigenvalue weighted by molar-refractivity contribution is 7.55. The third-order valence-electron chi connectivity index (χ3n) is 3.27. The molecule has 1 atom stereocenters. The molecule has 0 bridgehead atoms. The molecule has 0 aliphatic heterocycles. The normalized spacial score (nSPS) is 19.3. The van der Waals surface area contributed by atoms with Crippen LogP contribution in [0.15, 0.2) is 24.3 Å². The van der Waals surface area contributed by atoms with Crippen LogP contribution in [0.1, 0.15) is 36.2 Å². The Hall–Kier alpha value is -0.960. The zero-order valence-electron chi connectivity index (χ0n) is 11.3. The molecular formula is C14H19O4P. The van der Waals surface area contributed by atoms with Gasteiger partial charge in [-0.3, -0.25) is 9.36 Å². The van der Waals surface area contributed by atoms with E-state index >= 15 is 0 Å². The number of aryl methyl sites for hydroxylation is 1. The van der Waals surface area contributed by atoms with Crippen LogP contribution in [0.5, 0.6) is 0 Å². The smallest absolute Gasteiger partial charge is 0.308 e. The third-order valence-corrected chi connectivity index (χ3v) is 5.76. The van der Waals surface area contributed by atoms with Gasteiger partial charge >= 0.3 is 7.60 Å². The lowest BCUT2D eigenvalue weighted by Crippen LogP contribution is -2.29. The molecule has 19 heavy (non-hydrogen) atoms. The van der Waals surface area contributed by atoms with E-state index in [1.165, 1.54) is 0 Å². The molecule has 0 heterocycles. The SMILES string of the molecule is CCOP(=O)(OCC)C1CCc2ccccc2C1=O. The summed E-state index contributed by atoms with van der Waals surface area (Å²) in [6.45, 7) is 4.07. The molecule has 0 saturated carbocycles. The summed E-state index contributed by atoms with van der Waals surface area (Å²) in [6.07, 6.45) is 1.25. The molecule has 104 valence electrons. The summed E-state index contributed by atoms with van der Waals surface area (Å²) >= 11 is 0. The topological polar surface area (TPSA) is 52.6 Å². The highest BCUT2D eigenvalue weighted by atomic mass is 31.2. The van der Waals surface area contributed by atoms with Gasteiger partial charge in [-0.05, 0) is 32.3 Å². The number of rotatable bonds is 5. The first-order valence-electron chi connectivity index (χ1n) is 6.63. The van der Waals surface area contributed by atoms with Crippen LogP contribution in [-0.4, -0.2) is 24.7 Å². The van der Waals surface area contributed by atoms with Crippen LogP contribution in [0, 0.1) is 0 Å². The van der Waals surface area contributed by atoms with Crippen LogP contribution >= 0.6 is 7.60 Å². The molecule has 4 nitrogen and oxygen atoms in total. The molecule has 0 fully saturated rings. The van der Waals surface area contributed by atoms with Gasteiger partial charge in [-0.25, -0.2) is 0 Å². The van der Waals surface area contributed by atoms with Crippen LogP contribution in [0.4, 0.5) is 0 Å². The first kappa shape index (κ1) is 14.4. The molecule has 0 spiro atoms. The van der Waals surface area contributed by atoms with Crippen LogP contribution in [0.2, 0.25) is 0 Å². The predicted octanol–water partition coefficient (Wildman–Crippen LogP) is 3.45. The van der Waals surface area contributed by atoms with Crippen molar-refractivity contribution in [2.75, 3.05) is 13.2 Å². The Kier molecular flexibility index (Phi) is 4.56. The highest BCUT2D eigenvalue weighted by Gasteiger charge is 2.43. The van der Waals surface area contributed by atoms with Crippen LogP contribution in [0.25, 0.3) is 0 Å². The summed E-state index contributed by atoms with van der Waals surface area (Å²) in [7, 11) is -3.36. The van der Waals surface area contributed by atoms with Gasteiger partial charge in [0.25, 0.3) is 0 Å². The van der Waals surface area contributed by atoms with Gasteiger partial charge in [-0.15, -0.1) is 0 Å². The monoisotopic (exact) mass is 282 g/mol. The maximum absolute atomic E-state index is 12.7. The Morgan fingerprint density at radius 2 is 1.84 bits per heavy atom. The number of carbonyl (C=O) groups excluding carboxylic acids is 1. The molecule has 5 heteroatoms. The third kappa shape index (κ3) is 2.81. The van der Waals surface area contributed by atoms with Gasteiger partial charge in [0.1, 0.15) is 5.66 Å². The Labute approximate surface area is 113 Å². The molecule has 2 rings (SSSR count). The molecule has 0 radical (unpaired) electrons. The molecule has 1 aromatic rings. The minimum Gasteiger partial charge on any atom is -0.308 e. The number of carbonyl (C=O) groups is 1. The van der Waals surface area contributed by atoms with Crippen molar-refractivity contribution in [1.82, 2.24) is 0 Å². The second kappa shape index (κ2) is 6.00. The number of hydrogen-bond acceptors (Lipinski definition) is 4. The fourth-order valence-corrected chi connectivity index (χ4v) is 4.49. The average Bonchev–Trinajstić information content (AvgIpc) is 2.40. The van der Waals surface area contributed by atoms with Gasteiger partial charge in [-0.1, -0.05) is 24.3 Å². The molecule has 0 N–H and O–H groups in total. The number of Topliss-reactive ketones (excluding diaryl/α,β-unsaturated/α-hetero) is 1. The molecule has 1 aliphatic carbocycles. The Morgan fingerprint density at radius 1 is 1.21 bits per heavy atom. The first-order valence-corrected chi connectivity index (χ1v) is 8.24. The maximum atomic E-state index is 12.7. The zero-order chi connectivity index (χ0) is 13.9. The quantitative estimate of drug-likeness (QED) is 0.776. The standard InChI is InChI=1S/C14H19O4P/c1-3-17-19(16,18-4-2)13-10-9-11-7-5-6-8-12(11)14(13)15/h5-8,13H,3-4,9-10H2,1-2H3. The number of hydrogen-bond donors (Lipinski definition) is 0. The van der Waals surface area contributed by atoms with E-state index in [9.17, 15) is 9.36 Å². The molecule has 0 aromatic heterocycles. The average molecular weight is 282 g/mol. The van der Waals surface area contributed by atoms with E-state index in [4.69, 9.17) is 9.05 Å². The van der Waals surface area contributed by atoms with Crippen LogP contribution in [0.3, 0.4) is 0 Å². The fraction of sp³-hybridized carbons (Fsp3) is 0.500. The van der Waals surface area contributed by atoms with Crippen molar-refractivity contribution in [3.63, 3.8) is 0 Å². The van der Waals surface area contributed by atoms with Crippen molar-refractivity contribution in [1.29, 1.82) is 0 Å². The number of fused-ring (bicyclic) bond motifs is 1. The van der Waals surface area contributed by atoms with E-state index in [0.717, 1.165) is 12.0 Å². The molecule has 1 aromatic carbocycles. The summed E-state index contributed by atoms with van der Waals surface area (Å²) in [5, 5.41) is 0. The Balaban J connectivity index is 2.32. The maximum Gasteiger partial charge on any atom is 0.341 e. The summed E-state index contributed by atoms with van der Waals surface area (Å²) in [6, 6.07) is 7.46. The van der Waals surface area contributed by atoms with E-state index in [1.807, 2.05) is 18.2 Å². The van der Waals surface area contributed by atoms with Crippen molar-refractivity contribution in [3.05, 3.63) is 35.4 Å². The lowest BCUT2D eigenvalue weighted by Gasteiger charge is -2.29. The summed E-state index contributed by atoms with van der Waals surface area (Å²) < 4.78 is 23.3. The Bertz CT molecular complexity index is 502. The van der Waals surface area contributed by atoms with E-state index in [1.54, 1.807) is 19.9 Å². The van der Waals surface area contributed by atoms with Crippen molar-refractivity contribution in [2.24, 2.45) is 0 Å². The lowest BCUT2D eigenvalue weighted by molar-refractivity contribution is 0.0955. The van der Waals surface area contributed by atoms with E-state index < -0.39 is 13.3 Å². The summed E-state index contributed by atoms with van der Waals surface area (Å²) in [4.78, 5) is 12.5. The predicted molar refractivity (Wildman–Crippen MR) is 73.7 cm³/mol.